The van der Waals surface area contributed by atoms with Crippen LogP contribution in [0.2, 0.25) is 5.02 Å². The quantitative estimate of drug-likeness (QED) is 0.630. The molecule has 0 saturated carbocycles. The van der Waals surface area contributed by atoms with Crippen LogP contribution in [0.4, 0.5) is 5.69 Å². The van der Waals surface area contributed by atoms with Crippen molar-refractivity contribution in [3.63, 3.8) is 0 Å². The topological polar surface area (TPSA) is 26.5 Å². The highest BCUT2D eigenvalue weighted by Crippen LogP contribution is 2.18. The van der Waals surface area contributed by atoms with E-state index in [1.165, 1.54) is 0 Å². The number of benzene rings is 2. The molecule has 0 N–H and O–H groups in total. The van der Waals surface area contributed by atoms with Crippen molar-refractivity contribution in [3.05, 3.63) is 77.6 Å². The minimum Gasteiger partial charge on any atom is -0.497 e. The number of methoxy groups -OCH3 is 1. The number of halogens is 1. The van der Waals surface area contributed by atoms with Crippen LogP contribution in [0, 0.1) is 0 Å². The third-order valence-electron chi connectivity index (χ3n) is 3.30. The van der Waals surface area contributed by atoms with Crippen molar-refractivity contribution < 1.29 is 4.74 Å². The second-order valence-corrected chi connectivity index (χ2v) is 5.17. The van der Waals surface area contributed by atoms with Crippen LogP contribution in [0.15, 0.2) is 71.9 Å². The number of nitrogens with zero attached hydrogens (tertiary/aromatic N) is 2. The Labute approximate surface area is 134 Å². The lowest BCUT2D eigenvalue weighted by Crippen LogP contribution is -1.97. The third kappa shape index (κ3) is 3.21. The van der Waals surface area contributed by atoms with E-state index in [1.54, 1.807) is 7.11 Å². The number of rotatable bonds is 4. The third-order valence-corrected chi connectivity index (χ3v) is 3.56. The van der Waals surface area contributed by atoms with Gasteiger partial charge in [-0.2, -0.15) is 0 Å². The molecule has 3 aromatic rings. The van der Waals surface area contributed by atoms with Crippen molar-refractivity contribution in [2.45, 2.75) is 0 Å². The minimum atomic E-state index is 0.709. The summed E-state index contributed by atoms with van der Waals surface area (Å²) >= 11 is 5.88. The lowest BCUT2D eigenvalue weighted by molar-refractivity contribution is 0.415. The molecule has 0 fully saturated rings. The zero-order valence-electron chi connectivity index (χ0n) is 12.1. The molecule has 0 aliphatic rings. The van der Waals surface area contributed by atoms with Gasteiger partial charge in [-0.3, -0.25) is 4.99 Å². The summed E-state index contributed by atoms with van der Waals surface area (Å²) in [7, 11) is 1.66. The van der Waals surface area contributed by atoms with Gasteiger partial charge in [-0.05, 0) is 60.7 Å². The van der Waals surface area contributed by atoms with Crippen molar-refractivity contribution in [3.8, 4) is 11.4 Å². The smallest absolute Gasteiger partial charge is 0.119 e. The van der Waals surface area contributed by atoms with Crippen LogP contribution in [0.3, 0.4) is 0 Å². The van der Waals surface area contributed by atoms with Crippen molar-refractivity contribution in [1.82, 2.24) is 4.57 Å². The standard InChI is InChI=1S/C18H15ClN2O/c1-22-18-10-8-16(9-11-18)21-12-2-3-17(21)13-20-15-6-4-14(19)5-7-15/h2-13H,1H3. The van der Waals surface area contributed by atoms with Crippen LogP contribution in [-0.4, -0.2) is 17.9 Å². The average Bonchev–Trinajstić information content (AvgIpc) is 3.03. The Kier molecular flexibility index (Phi) is 4.26. The van der Waals surface area contributed by atoms with Gasteiger partial charge in [0.1, 0.15) is 5.75 Å². The Bertz CT molecular complexity index is 774. The lowest BCUT2D eigenvalue weighted by Gasteiger charge is -2.07. The fourth-order valence-electron chi connectivity index (χ4n) is 2.15. The SMILES string of the molecule is COc1ccc(-n2cccc2C=Nc2ccc(Cl)cc2)cc1. The Hall–Kier alpha value is -2.52. The molecule has 0 bridgehead atoms. The zero-order valence-corrected chi connectivity index (χ0v) is 12.9. The zero-order chi connectivity index (χ0) is 15.4. The fourth-order valence-corrected chi connectivity index (χ4v) is 2.27. The van der Waals surface area contributed by atoms with E-state index >= 15 is 0 Å². The first kappa shape index (κ1) is 14.4. The van der Waals surface area contributed by atoms with Gasteiger partial charge in [-0.25, -0.2) is 0 Å². The molecular formula is C18H15ClN2O. The van der Waals surface area contributed by atoms with Crippen molar-refractivity contribution in [2.24, 2.45) is 4.99 Å². The molecule has 0 unspecified atom stereocenters. The highest BCUT2D eigenvalue weighted by atomic mass is 35.5. The van der Waals surface area contributed by atoms with E-state index in [2.05, 4.69) is 9.56 Å². The first-order chi connectivity index (χ1) is 10.8. The second kappa shape index (κ2) is 6.50. The van der Waals surface area contributed by atoms with Gasteiger partial charge in [-0.15, -0.1) is 0 Å². The van der Waals surface area contributed by atoms with Gasteiger partial charge in [0.15, 0.2) is 0 Å². The van der Waals surface area contributed by atoms with Gasteiger partial charge < -0.3 is 9.30 Å². The molecule has 2 aromatic carbocycles. The maximum Gasteiger partial charge on any atom is 0.119 e. The highest BCUT2D eigenvalue weighted by Gasteiger charge is 2.01. The molecule has 0 aliphatic carbocycles. The molecule has 0 amide bonds. The highest BCUT2D eigenvalue weighted by molar-refractivity contribution is 6.30. The summed E-state index contributed by atoms with van der Waals surface area (Å²) in [6.07, 6.45) is 3.85. The lowest BCUT2D eigenvalue weighted by atomic mass is 10.3. The summed E-state index contributed by atoms with van der Waals surface area (Å²) in [4.78, 5) is 4.48. The second-order valence-electron chi connectivity index (χ2n) is 4.74. The molecule has 3 rings (SSSR count). The molecular weight excluding hydrogens is 296 g/mol. The fraction of sp³-hybridized carbons (Fsp3) is 0.0556. The Morgan fingerprint density at radius 3 is 2.41 bits per heavy atom. The summed E-state index contributed by atoms with van der Waals surface area (Å²) in [5, 5.41) is 0.709. The van der Waals surface area contributed by atoms with Gasteiger partial charge in [0, 0.05) is 16.9 Å². The van der Waals surface area contributed by atoms with Gasteiger partial charge in [0.05, 0.1) is 24.7 Å². The van der Waals surface area contributed by atoms with E-state index in [9.17, 15) is 0 Å². The van der Waals surface area contributed by atoms with E-state index < -0.39 is 0 Å². The van der Waals surface area contributed by atoms with Crippen LogP contribution in [-0.2, 0) is 0 Å². The Morgan fingerprint density at radius 2 is 1.73 bits per heavy atom. The predicted octanol–water partition coefficient (Wildman–Crippen LogP) is 4.89. The molecule has 1 heterocycles. The Morgan fingerprint density at radius 1 is 1.00 bits per heavy atom. The summed E-state index contributed by atoms with van der Waals surface area (Å²) in [5.41, 5.74) is 2.93. The van der Waals surface area contributed by atoms with Crippen molar-refractivity contribution in [1.29, 1.82) is 0 Å². The number of ether oxygens (including phenoxy) is 1. The number of hydrogen-bond donors (Lipinski definition) is 0. The van der Waals surface area contributed by atoms with Gasteiger partial charge in [0.2, 0.25) is 0 Å². The van der Waals surface area contributed by atoms with Crippen LogP contribution >= 0.6 is 11.6 Å². The summed E-state index contributed by atoms with van der Waals surface area (Å²) in [6, 6.07) is 19.4. The van der Waals surface area contributed by atoms with E-state index in [0.717, 1.165) is 22.8 Å². The minimum absolute atomic E-state index is 0.709. The van der Waals surface area contributed by atoms with E-state index in [1.807, 2.05) is 73.1 Å². The molecule has 1 aromatic heterocycles. The first-order valence-corrected chi connectivity index (χ1v) is 7.25. The summed E-state index contributed by atoms with van der Waals surface area (Å²) < 4.78 is 7.25. The normalized spacial score (nSPS) is 11.0. The molecule has 3 nitrogen and oxygen atoms in total. The number of aromatic nitrogens is 1. The van der Waals surface area contributed by atoms with Gasteiger partial charge in [-0.1, -0.05) is 11.6 Å². The van der Waals surface area contributed by atoms with Gasteiger partial charge in [0.25, 0.3) is 0 Å². The number of aliphatic imine (C=N–C) groups is 1. The Balaban J connectivity index is 1.86. The summed E-state index contributed by atoms with van der Waals surface area (Å²) in [5.74, 6) is 0.840. The van der Waals surface area contributed by atoms with Crippen molar-refractivity contribution >= 4 is 23.5 Å². The van der Waals surface area contributed by atoms with E-state index in [4.69, 9.17) is 16.3 Å². The largest absolute Gasteiger partial charge is 0.497 e. The molecule has 4 heteroatoms. The van der Waals surface area contributed by atoms with E-state index in [0.29, 0.717) is 5.02 Å². The first-order valence-electron chi connectivity index (χ1n) is 6.88. The maximum absolute atomic E-state index is 5.88. The average molecular weight is 311 g/mol. The van der Waals surface area contributed by atoms with Crippen LogP contribution in [0.5, 0.6) is 5.75 Å². The molecule has 0 spiro atoms. The van der Waals surface area contributed by atoms with Crippen LogP contribution < -0.4 is 4.74 Å². The van der Waals surface area contributed by atoms with Crippen LogP contribution in [0.25, 0.3) is 5.69 Å². The summed E-state index contributed by atoms with van der Waals surface area (Å²) in [6.45, 7) is 0. The molecule has 110 valence electrons. The van der Waals surface area contributed by atoms with Gasteiger partial charge >= 0.3 is 0 Å². The van der Waals surface area contributed by atoms with E-state index in [-0.39, 0.29) is 0 Å². The molecule has 22 heavy (non-hydrogen) atoms. The molecule has 0 saturated heterocycles. The molecule has 0 radical (unpaired) electrons. The monoisotopic (exact) mass is 310 g/mol. The van der Waals surface area contributed by atoms with Crippen molar-refractivity contribution in [2.75, 3.05) is 7.11 Å². The predicted molar refractivity (Wildman–Crippen MR) is 91.0 cm³/mol. The maximum atomic E-state index is 5.88. The molecule has 0 atom stereocenters. The number of hydrogen-bond acceptors (Lipinski definition) is 2. The molecule has 0 aliphatic heterocycles. The van der Waals surface area contributed by atoms with Crippen LogP contribution in [0.1, 0.15) is 5.69 Å².